The van der Waals surface area contributed by atoms with Gasteiger partial charge in [0.05, 0.1) is 0 Å². The van der Waals surface area contributed by atoms with E-state index < -0.39 is 0 Å². The number of likely N-dealkylation sites (N-methyl/N-ethyl adjacent to an activating group) is 2. The molecular formula is C18H24N2. The Kier molecular flexibility index (Phi) is 5.33. The molecule has 0 spiro atoms. The first-order valence-electron chi connectivity index (χ1n) is 7.25. The molecule has 0 aromatic heterocycles. The SMILES string of the molecule is CCN(C)CC(NC)c1ccc(-c2ccccc2)cc1. The summed E-state index contributed by atoms with van der Waals surface area (Å²) >= 11 is 0. The number of benzene rings is 2. The quantitative estimate of drug-likeness (QED) is 0.861. The second-order valence-electron chi connectivity index (χ2n) is 5.18. The lowest BCUT2D eigenvalue weighted by molar-refractivity contribution is 0.311. The fraction of sp³-hybridized carbons (Fsp3) is 0.333. The molecule has 0 heterocycles. The highest BCUT2D eigenvalue weighted by atomic mass is 15.1. The smallest absolute Gasteiger partial charge is 0.0446 e. The third-order valence-corrected chi connectivity index (χ3v) is 3.80. The van der Waals surface area contributed by atoms with E-state index in [1.165, 1.54) is 16.7 Å². The maximum absolute atomic E-state index is 3.40. The highest BCUT2D eigenvalue weighted by Crippen LogP contribution is 2.22. The third-order valence-electron chi connectivity index (χ3n) is 3.80. The molecule has 106 valence electrons. The van der Waals surface area contributed by atoms with Gasteiger partial charge < -0.3 is 10.2 Å². The highest BCUT2D eigenvalue weighted by molar-refractivity contribution is 5.63. The lowest BCUT2D eigenvalue weighted by Gasteiger charge is -2.23. The molecule has 0 aliphatic carbocycles. The summed E-state index contributed by atoms with van der Waals surface area (Å²) in [4.78, 5) is 2.33. The Labute approximate surface area is 122 Å². The zero-order chi connectivity index (χ0) is 14.4. The molecule has 0 saturated heterocycles. The van der Waals surface area contributed by atoms with Gasteiger partial charge in [0.25, 0.3) is 0 Å². The van der Waals surface area contributed by atoms with E-state index >= 15 is 0 Å². The van der Waals surface area contributed by atoms with Gasteiger partial charge in [-0.3, -0.25) is 0 Å². The number of nitrogens with zero attached hydrogens (tertiary/aromatic N) is 1. The second kappa shape index (κ2) is 7.22. The predicted octanol–water partition coefficient (Wildman–Crippen LogP) is 3.57. The lowest BCUT2D eigenvalue weighted by Crippen LogP contribution is -2.31. The van der Waals surface area contributed by atoms with Crippen LogP contribution in [0, 0.1) is 0 Å². The van der Waals surface area contributed by atoms with E-state index in [0.717, 1.165) is 13.1 Å². The zero-order valence-electron chi connectivity index (χ0n) is 12.6. The summed E-state index contributed by atoms with van der Waals surface area (Å²) in [6, 6.07) is 19.8. The van der Waals surface area contributed by atoms with Crippen LogP contribution in [0.4, 0.5) is 0 Å². The van der Waals surface area contributed by atoms with Crippen molar-refractivity contribution >= 4 is 0 Å². The van der Waals surface area contributed by atoms with Gasteiger partial charge in [0.15, 0.2) is 0 Å². The van der Waals surface area contributed by atoms with Crippen molar-refractivity contribution in [2.75, 3.05) is 27.2 Å². The molecule has 0 aliphatic heterocycles. The monoisotopic (exact) mass is 268 g/mol. The van der Waals surface area contributed by atoms with Gasteiger partial charge in [-0.2, -0.15) is 0 Å². The minimum atomic E-state index is 0.379. The van der Waals surface area contributed by atoms with Crippen LogP contribution in [-0.2, 0) is 0 Å². The molecule has 0 aliphatic rings. The van der Waals surface area contributed by atoms with Crippen molar-refractivity contribution in [3.05, 3.63) is 60.2 Å². The standard InChI is InChI=1S/C18H24N2/c1-4-20(3)14-18(19-2)17-12-10-16(11-13-17)15-8-6-5-7-9-15/h5-13,18-19H,4,14H2,1-3H3. The van der Waals surface area contributed by atoms with Crippen LogP contribution in [0.1, 0.15) is 18.5 Å². The Balaban J connectivity index is 2.14. The molecule has 20 heavy (non-hydrogen) atoms. The van der Waals surface area contributed by atoms with Crippen molar-refractivity contribution in [2.24, 2.45) is 0 Å². The highest BCUT2D eigenvalue weighted by Gasteiger charge is 2.11. The number of rotatable bonds is 6. The first-order chi connectivity index (χ1) is 9.74. The minimum Gasteiger partial charge on any atom is -0.312 e. The van der Waals surface area contributed by atoms with E-state index in [4.69, 9.17) is 0 Å². The Morgan fingerprint density at radius 3 is 2.10 bits per heavy atom. The molecule has 1 N–H and O–H groups in total. The van der Waals surface area contributed by atoms with E-state index in [1.54, 1.807) is 0 Å². The van der Waals surface area contributed by atoms with E-state index in [-0.39, 0.29) is 0 Å². The van der Waals surface area contributed by atoms with Gasteiger partial charge in [-0.05, 0) is 37.3 Å². The molecule has 1 atom stereocenters. The molecule has 0 radical (unpaired) electrons. The Morgan fingerprint density at radius 1 is 0.950 bits per heavy atom. The minimum absolute atomic E-state index is 0.379. The van der Waals surface area contributed by atoms with Crippen molar-refractivity contribution in [1.82, 2.24) is 10.2 Å². The fourth-order valence-electron chi connectivity index (χ4n) is 2.34. The molecule has 1 unspecified atom stereocenters. The third kappa shape index (κ3) is 3.69. The van der Waals surface area contributed by atoms with E-state index in [1.807, 2.05) is 7.05 Å². The van der Waals surface area contributed by atoms with Gasteiger partial charge in [-0.15, -0.1) is 0 Å². The summed E-state index contributed by atoms with van der Waals surface area (Å²) < 4.78 is 0. The summed E-state index contributed by atoms with van der Waals surface area (Å²) in [5.74, 6) is 0. The molecule has 2 rings (SSSR count). The Hall–Kier alpha value is -1.64. The van der Waals surface area contributed by atoms with Gasteiger partial charge in [0.2, 0.25) is 0 Å². The maximum Gasteiger partial charge on any atom is 0.0446 e. The van der Waals surface area contributed by atoms with Gasteiger partial charge in [-0.1, -0.05) is 61.5 Å². The predicted molar refractivity (Wildman–Crippen MR) is 86.8 cm³/mol. The van der Waals surface area contributed by atoms with Crippen LogP contribution >= 0.6 is 0 Å². The topological polar surface area (TPSA) is 15.3 Å². The summed E-state index contributed by atoms with van der Waals surface area (Å²) in [6.07, 6.45) is 0. The molecule has 0 amide bonds. The second-order valence-corrected chi connectivity index (χ2v) is 5.18. The number of hydrogen-bond donors (Lipinski definition) is 1. The van der Waals surface area contributed by atoms with Crippen molar-refractivity contribution in [3.63, 3.8) is 0 Å². The van der Waals surface area contributed by atoms with Crippen LogP contribution in [0.3, 0.4) is 0 Å². The summed E-state index contributed by atoms with van der Waals surface area (Å²) in [7, 11) is 4.18. The average molecular weight is 268 g/mol. The van der Waals surface area contributed by atoms with E-state index in [0.29, 0.717) is 6.04 Å². The largest absolute Gasteiger partial charge is 0.312 e. The lowest BCUT2D eigenvalue weighted by atomic mass is 10.0. The van der Waals surface area contributed by atoms with Crippen LogP contribution in [-0.4, -0.2) is 32.1 Å². The van der Waals surface area contributed by atoms with Crippen LogP contribution in [0.5, 0.6) is 0 Å². The Morgan fingerprint density at radius 2 is 1.55 bits per heavy atom. The van der Waals surface area contributed by atoms with Crippen molar-refractivity contribution in [3.8, 4) is 11.1 Å². The fourth-order valence-corrected chi connectivity index (χ4v) is 2.34. The zero-order valence-corrected chi connectivity index (χ0v) is 12.6. The van der Waals surface area contributed by atoms with Crippen LogP contribution in [0.15, 0.2) is 54.6 Å². The van der Waals surface area contributed by atoms with Gasteiger partial charge in [0, 0.05) is 12.6 Å². The molecule has 2 heteroatoms. The van der Waals surface area contributed by atoms with Crippen LogP contribution < -0.4 is 5.32 Å². The van der Waals surface area contributed by atoms with Crippen molar-refractivity contribution < 1.29 is 0 Å². The van der Waals surface area contributed by atoms with E-state index in [2.05, 4.69) is 78.8 Å². The first-order valence-corrected chi connectivity index (χ1v) is 7.25. The first kappa shape index (κ1) is 14.8. The van der Waals surface area contributed by atoms with Gasteiger partial charge in [0.1, 0.15) is 0 Å². The number of hydrogen-bond acceptors (Lipinski definition) is 2. The molecule has 0 fully saturated rings. The molecular weight excluding hydrogens is 244 g/mol. The average Bonchev–Trinajstić information content (AvgIpc) is 2.53. The van der Waals surface area contributed by atoms with Crippen molar-refractivity contribution in [1.29, 1.82) is 0 Å². The summed E-state index contributed by atoms with van der Waals surface area (Å²) in [5, 5.41) is 3.40. The maximum atomic E-state index is 3.40. The molecule has 2 aromatic rings. The molecule has 2 aromatic carbocycles. The number of nitrogens with one attached hydrogen (secondary N) is 1. The van der Waals surface area contributed by atoms with Gasteiger partial charge >= 0.3 is 0 Å². The van der Waals surface area contributed by atoms with Crippen LogP contribution in [0.25, 0.3) is 11.1 Å². The van der Waals surface area contributed by atoms with Crippen molar-refractivity contribution in [2.45, 2.75) is 13.0 Å². The van der Waals surface area contributed by atoms with Crippen LogP contribution in [0.2, 0.25) is 0 Å². The molecule has 0 bridgehead atoms. The molecule has 2 nitrogen and oxygen atoms in total. The normalized spacial score (nSPS) is 12.6. The molecule has 0 saturated carbocycles. The van der Waals surface area contributed by atoms with E-state index in [9.17, 15) is 0 Å². The summed E-state index contributed by atoms with van der Waals surface area (Å²) in [5.41, 5.74) is 3.88. The Bertz CT molecular complexity index is 505. The van der Waals surface area contributed by atoms with Gasteiger partial charge in [-0.25, -0.2) is 0 Å². The summed E-state index contributed by atoms with van der Waals surface area (Å²) in [6.45, 7) is 4.28.